The lowest BCUT2D eigenvalue weighted by Crippen LogP contribution is -2.38. The zero-order valence-electron chi connectivity index (χ0n) is 15.3. The molecule has 2 aromatic heterocycles. The molecule has 7 nitrogen and oxygen atoms in total. The Morgan fingerprint density at radius 1 is 1.03 bits per heavy atom. The summed E-state index contributed by atoms with van der Waals surface area (Å²) < 4.78 is 27.3. The first-order chi connectivity index (χ1) is 14.2. The van der Waals surface area contributed by atoms with Crippen LogP contribution in [-0.4, -0.2) is 42.8 Å². The van der Waals surface area contributed by atoms with Gasteiger partial charge in [0, 0.05) is 30.1 Å². The molecule has 3 heterocycles. The Hall–Kier alpha value is -3.20. The molecule has 1 amide bonds. The summed E-state index contributed by atoms with van der Waals surface area (Å²) in [6.07, 6.45) is 1.49. The van der Waals surface area contributed by atoms with Crippen LogP contribution in [0.2, 0.25) is 0 Å². The molecule has 0 saturated carbocycles. The minimum absolute atomic E-state index is 0.00381. The second kappa shape index (κ2) is 7.32. The molecule has 4 aromatic rings. The van der Waals surface area contributed by atoms with E-state index in [2.05, 4.69) is 18.9 Å². The Balaban J connectivity index is 1.25. The third kappa shape index (κ3) is 3.49. The normalized spacial score (nSPS) is 15.1. The maximum absolute atomic E-state index is 13.1. The van der Waals surface area contributed by atoms with E-state index in [1.807, 2.05) is 11.0 Å². The van der Waals surface area contributed by atoms with E-state index in [1.54, 1.807) is 24.3 Å². The first-order valence-corrected chi connectivity index (χ1v) is 10.0. The highest BCUT2D eigenvalue weighted by atomic mass is 32.1. The SMILES string of the molecule is O=C(c1ccc2nsnc2c1)N1CCC(c2nnc(-c3ccc(F)cc3)o2)CC1. The molecular formula is C20H16FN5O2S. The predicted octanol–water partition coefficient (Wildman–Crippen LogP) is 3.90. The number of nitrogens with zero attached hydrogens (tertiary/aromatic N) is 5. The quantitative estimate of drug-likeness (QED) is 0.510. The number of fused-ring (bicyclic) bond motifs is 1. The van der Waals surface area contributed by atoms with Crippen molar-refractivity contribution in [3.8, 4) is 11.5 Å². The van der Waals surface area contributed by atoms with Crippen LogP contribution >= 0.6 is 11.7 Å². The lowest BCUT2D eigenvalue weighted by Gasteiger charge is -2.30. The van der Waals surface area contributed by atoms with Gasteiger partial charge >= 0.3 is 0 Å². The molecule has 1 saturated heterocycles. The first-order valence-electron chi connectivity index (χ1n) is 9.28. The van der Waals surface area contributed by atoms with Crippen LogP contribution in [0.4, 0.5) is 4.39 Å². The van der Waals surface area contributed by atoms with E-state index < -0.39 is 0 Å². The Bertz CT molecular complexity index is 1170. The first kappa shape index (κ1) is 17.9. The maximum Gasteiger partial charge on any atom is 0.253 e. The van der Waals surface area contributed by atoms with Crippen molar-refractivity contribution in [2.45, 2.75) is 18.8 Å². The van der Waals surface area contributed by atoms with Crippen molar-refractivity contribution >= 4 is 28.7 Å². The number of likely N-dealkylation sites (tertiary alicyclic amines) is 1. The molecule has 0 spiro atoms. The molecule has 0 N–H and O–H groups in total. The number of hydrogen-bond acceptors (Lipinski definition) is 7. The highest BCUT2D eigenvalue weighted by molar-refractivity contribution is 7.00. The molecule has 146 valence electrons. The minimum Gasteiger partial charge on any atom is -0.420 e. The average molecular weight is 409 g/mol. The van der Waals surface area contributed by atoms with Crippen molar-refractivity contribution in [3.63, 3.8) is 0 Å². The van der Waals surface area contributed by atoms with Crippen molar-refractivity contribution in [2.75, 3.05) is 13.1 Å². The molecule has 1 aliphatic heterocycles. The van der Waals surface area contributed by atoms with Gasteiger partial charge in [0.15, 0.2) is 0 Å². The molecule has 0 unspecified atom stereocenters. The largest absolute Gasteiger partial charge is 0.420 e. The standard InChI is InChI=1S/C20H16FN5O2S/c21-15-4-1-12(2-5-15)18-22-23-19(28-18)13-7-9-26(10-8-13)20(27)14-3-6-16-17(11-14)25-29-24-16/h1-6,11,13H,7-10H2. The number of amides is 1. The van der Waals surface area contributed by atoms with Crippen molar-refractivity contribution in [3.05, 3.63) is 59.7 Å². The van der Waals surface area contributed by atoms with Crippen LogP contribution in [0.1, 0.15) is 35.0 Å². The number of carbonyl (C=O) groups is 1. The van der Waals surface area contributed by atoms with Crippen molar-refractivity contribution in [2.24, 2.45) is 0 Å². The summed E-state index contributed by atoms with van der Waals surface area (Å²) in [7, 11) is 0. The number of benzene rings is 2. The van der Waals surface area contributed by atoms with E-state index in [1.165, 1.54) is 12.1 Å². The van der Waals surface area contributed by atoms with E-state index in [0.717, 1.165) is 35.6 Å². The lowest BCUT2D eigenvalue weighted by atomic mass is 9.96. The van der Waals surface area contributed by atoms with Gasteiger partial charge in [0.05, 0.1) is 11.7 Å². The third-order valence-corrected chi connectivity index (χ3v) is 5.72. The summed E-state index contributed by atoms with van der Waals surface area (Å²) >= 11 is 1.14. The van der Waals surface area contributed by atoms with E-state index in [9.17, 15) is 9.18 Å². The van der Waals surface area contributed by atoms with Gasteiger partial charge in [-0.15, -0.1) is 10.2 Å². The van der Waals surface area contributed by atoms with Gasteiger partial charge in [-0.25, -0.2) is 4.39 Å². The van der Waals surface area contributed by atoms with Crippen LogP contribution in [0.3, 0.4) is 0 Å². The summed E-state index contributed by atoms with van der Waals surface area (Å²) in [6, 6.07) is 11.4. The zero-order chi connectivity index (χ0) is 19.8. The molecule has 0 radical (unpaired) electrons. The number of halogens is 1. The van der Waals surface area contributed by atoms with Crippen LogP contribution in [0, 0.1) is 5.82 Å². The molecule has 0 bridgehead atoms. The van der Waals surface area contributed by atoms with E-state index in [0.29, 0.717) is 36.0 Å². The van der Waals surface area contributed by atoms with Crippen LogP contribution < -0.4 is 0 Å². The number of piperidine rings is 1. The van der Waals surface area contributed by atoms with Gasteiger partial charge in [0.2, 0.25) is 11.8 Å². The molecule has 1 fully saturated rings. The van der Waals surface area contributed by atoms with Crippen LogP contribution in [0.25, 0.3) is 22.5 Å². The van der Waals surface area contributed by atoms with Crippen molar-refractivity contribution < 1.29 is 13.6 Å². The number of rotatable bonds is 3. The summed E-state index contributed by atoms with van der Waals surface area (Å²) in [5, 5.41) is 8.25. The van der Waals surface area contributed by atoms with Gasteiger partial charge in [-0.1, -0.05) is 0 Å². The molecule has 0 atom stereocenters. The van der Waals surface area contributed by atoms with Crippen molar-refractivity contribution in [1.82, 2.24) is 23.8 Å². The topological polar surface area (TPSA) is 85.0 Å². The second-order valence-electron chi connectivity index (χ2n) is 6.99. The van der Waals surface area contributed by atoms with Crippen LogP contribution in [0.5, 0.6) is 0 Å². The van der Waals surface area contributed by atoms with Crippen LogP contribution in [0.15, 0.2) is 46.9 Å². The summed E-state index contributed by atoms with van der Waals surface area (Å²) in [4.78, 5) is 14.7. The molecule has 9 heteroatoms. The Morgan fingerprint density at radius 2 is 1.79 bits per heavy atom. The Kier molecular flexibility index (Phi) is 4.51. The molecule has 0 aliphatic carbocycles. The average Bonchev–Trinajstić information content (AvgIpc) is 3.43. The van der Waals surface area contributed by atoms with Crippen molar-refractivity contribution in [1.29, 1.82) is 0 Å². The molecule has 1 aliphatic rings. The minimum atomic E-state index is -0.310. The fourth-order valence-corrected chi connectivity index (χ4v) is 4.05. The van der Waals surface area contributed by atoms with Crippen LogP contribution in [-0.2, 0) is 0 Å². The third-order valence-electron chi connectivity index (χ3n) is 5.16. The number of hydrogen-bond donors (Lipinski definition) is 0. The smallest absolute Gasteiger partial charge is 0.253 e. The van der Waals surface area contributed by atoms with Gasteiger partial charge < -0.3 is 9.32 Å². The van der Waals surface area contributed by atoms with E-state index in [-0.39, 0.29) is 17.6 Å². The van der Waals surface area contributed by atoms with Gasteiger partial charge in [0.1, 0.15) is 16.9 Å². The van der Waals surface area contributed by atoms with Gasteiger partial charge in [-0.2, -0.15) is 8.75 Å². The van der Waals surface area contributed by atoms with Gasteiger partial charge in [-0.05, 0) is 55.3 Å². The number of carbonyl (C=O) groups excluding carboxylic acids is 1. The highest BCUT2D eigenvalue weighted by Crippen LogP contribution is 2.30. The molecule has 2 aromatic carbocycles. The fourth-order valence-electron chi connectivity index (χ4n) is 3.54. The number of aromatic nitrogens is 4. The van der Waals surface area contributed by atoms with E-state index in [4.69, 9.17) is 4.42 Å². The van der Waals surface area contributed by atoms with Gasteiger partial charge in [-0.3, -0.25) is 4.79 Å². The Morgan fingerprint density at radius 3 is 2.59 bits per heavy atom. The fraction of sp³-hybridized carbons (Fsp3) is 0.250. The summed E-state index contributed by atoms with van der Waals surface area (Å²) in [5.41, 5.74) is 2.86. The predicted molar refractivity (Wildman–Crippen MR) is 105 cm³/mol. The second-order valence-corrected chi connectivity index (χ2v) is 7.51. The van der Waals surface area contributed by atoms with E-state index >= 15 is 0 Å². The lowest BCUT2D eigenvalue weighted by molar-refractivity contribution is 0.0706. The Labute approximate surface area is 169 Å². The molecule has 29 heavy (non-hydrogen) atoms. The van der Waals surface area contributed by atoms with Gasteiger partial charge in [0.25, 0.3) is 5.91 Å². The summed E-state index contributed by atoms with van der Waals surface area (Å²) in [6.45, 7) is 1.23. The molecular weight excluding hydrogens is 393 g/mol. The highest BCUT2D eigenvalue weighted by Gasteiger charge is 2.28. The zero-order valence-corrected chi connectivity index (χ0v) is 16.1. The maximum atomic E-state index is 13.1. The molecule has 5 rings (SSSR count). The monoisotopic (exact) mass is 409 g/mol. The summed E-state index contributed by atoms with van der Waals surface area (Å²) in [5.74, 6) is 0.729.